The molecule has 1 amide bonds. The van der Waals surface area contributed by atoms with Gasteiger partial charge < -0.3 is 4.90 Å². The summed E-state index contributed by atoms with van der Waals surface area (Å²) in [6.07, 6.45) is 10.0. The van der Waals surface area contributed by atoms with Gasteiger partial charge in [-0.25, -0.2) is 9.50 Å². The molecule has 0 N–H and O–H groups in total. The van der Waals surface area contributed by atoms with Crippen molar-refractivity contribution in [2.45, 2.75) is 11.8 Å². The number of carbonyl (C=O) groups is 1. The van der Waals surface area contributed by atoms with Crippen LogP contribution in [0.15, 0.2) is 43.0 Å². The molecule has 0 radical (unpaired) electrons. The second kappa shape index (κ2) is 4.81. The lowest BCUT2D eigenvalue weighted by atomic mass is 10.2. The van der Waals surface area contributed by atoms with Crippen molar-refractivity contribution in [1.29, 1.82) is 0 Å². The Morgan fingerprint density at radius 1 is 1.39 bits per heavy atom. The molecular formula is C12H12N4OS. The SMILES string of the molecule is O=C1C[C@@H]2SCC=CN12.c1cnc2ccnn2c1. The fourth-order valence-corrected chi connectivity index (χ4v) is 2.83. The van der Waals surface area contributed by atoms with Gasteiger partial charge in [0.05, 0.1) is 18.0 Å². The van der Waals surface area contributed by atoms with Gasteiger partial charge in [-0.15, -0.1) is 11.8 Å². The van der Waals surface area contributed by atoms with Crippen molar-refractivity contribution in [3.8, 4) is 0 Å². The lowest BCUT2D eigenvalue weighted by Crippen LogP contribution is -2.48. The highest BCUT2D eigenvalue weighted by Crippen LogP contribution is 2.32. The third-order valence-electron chi connectivity index (χ3n) is 2.77. The van der Waals surface area contributed by atoms with E-state index in [0.717, 1.165) is 17.8 Å². The highest BCUT2D eigenvalue weighted by atomic mass is 32.2. The summed E-state index contributed by atoms with van der Waals surface area (Å²) >= 11 is 1.84. The first-order valence-corrected chi connectivity index (χ1v) is 6.73. The molecule has 0 bridgehead atoms. The molecule has 2 aliphatic heterocycles. The van der Waals surface area contributed by atoms with Gasteiger partial charge in [0.25, 0.3) is 0 Å². The summed E-state index contributed by atoms with van der Waals surface area (Å²) in [6.45, 7) is 0. The third-order valence-corrected chi connectivity index (χ3v) is 3.93. The molecule has 0 aromatic carbocycles. The number of aromatic nitrogens is 3. The van der Waals surface area contributed by atoms with Gasteiger partial charge in [0.15, 0.2) is 5.65 Å². The first-order chi connectivity index (χ1) is 8.84. The Kier molecular flexibility index (Phi) is 3.02. The predicted octanol–water partition coefficient (Wildman–Crippen LogP) is 1.53. The van der Waals surface area contributed by atoms with Gasteiger partial charge in [-0.05, 0) is 6.07 Å². The van der Waals surface area contributed by atoms with Gasteiger partial charge in [-0.2, -0.15) is 5.10 Å². The average molecular weight is 260 g/mol. The number of hydrogen-bond acceptors (Lipinski definition) is 4. The highest BCUT2D eigenvalue weighted by Gasteiger charge is 2.35. The number of carbonyl (C=O) groups excluding carboxylic acids is 1. The summed E-state index contributed by atoms with van der Waals surface area (Å²) in [4.78, 5) is 16.6. The zero-order chi connectivity index (χ0) is 12.4. The molecule has 92 valence electrons. The van der Waals surface area contributed by atoms with Crippen LogP contribution in [0, 0.1) is 0 Å². The monoisotopic (exact) mass is 260 g/mol. The Morgan fingerprint density at radius 2 is 2.33 bits per heavy atom. The number of amides is 1. The molecule has 1 fully saturated rings. The molecule has 0 unspecified atom stereocenters. The number of rotatable bonds is 0. The smallest absolute Gasteiger partial charge is 0.230 e. The quantitative estimate of drug-likeness (QED) is 0.674. The first kappa shape index (κ1) is 11.3. The van der Waals surface area contributed by atoms with E-state index < -0.39 is 0 Å². The van der Waals surface area contributed by atoms with Crippen molar-refractivity contribution < 1.29 is 4.79 Å². The summed E-state index contributed by atoms with van der Waals surface area (Å²) in [5.41, 5.74) is 0.887. The lowest BCUT2D eigenvalue weighted by molar-refractivity contribution is -0.137. The van der Waals surface area contributed by atoms with E-state index in [1.807, 2.05) is 42.4 Å². The Bertz CT molecular complexity index is 564. The second-order valence-electron chi connectivity index (χ2n) is 3.93. The molecule has 6 heteroatoms. The molecule has 1 saturated heterocycles. The van der Waals surface area contributed by atoms with Crippen molar-refractivity contribution in [1.82, 2.24) is 19.5 Å². The minimum absolute atomic E-state index is 0.267. The number of hydrogen-bond donors (Lipinski definition) is 0. The van der Waals surface area contributed by atoms with E-state index in [4.69, 9.17) is 0 Å². The number of thioether (sulfide) groups is 1. The summed E-state index contributed by atoms with van der Waals surface area (Å²) < 4.78 is 1.72. The summed E-state index contributed by atoms with van der Waals surface area (Å²) in [5.74, 6) is 1.33. The first-order valence-electron chi connectivity index (χ1n) is 5.68. The number of nitrogens with zero attached hydrogens (tertiary/aromatic N) is 4. The van der Waals surface area contributed by atoms with E-state index in [1.54, 1.807) is 21.8 Å². The van der Waals surface area contributed by atoms with Gasteiger partial charge >= 0.3 is 0 Å². The van der Waals surface area contributed by atoms with Crippen LogP contribution in [0.2, 0.25) is 0 Å². The van der Waals surface area contributed by atoms with Crippen molar-refractivity contribution in [2.75, 3.05) is 5.75 Å². The minimum atomic E-state index is 0.267. The van der Waals surface area contributed by atoms with E-state index >= 15 is 0 Å². The molecule has 4 heterocycles. The Morgan fingerprint density at radius 3 is 3.06 bits per heavy atom. The van der Waals surface area contributed by atoms with E-state index in [0.29, 0.717) is 5.37 Å². The molecule has 2 aromatic rings. The van der Waals surface area contributed by atoms with Gasteiger partial charge in [-0.3, -0.25) is 4.79 Å². The summed E-state index contributed by atoms with van der Waals surface area (Å²) in [5, 5.41) is 4.45. The maximum atomic E-state index is 10.7. The number of β-lactam (4-membered cyclic amide) rings is 1. The normalized spacial score (nSPS) is 21.0. The Hall–Kier alpha value is -1.82. The predicted molar refractivity (Wildman–Crippen MR) is 69.8 cm³/mol. The molecule has 2 aromatic heterocycles. The maximum absolute atomic E-state index is 10.7. The average Bonchev–Trinajstić information content (AvgIpc) is 2.87. The van der Waals surface area contributed by atoms with Crippen LogP contribution < -0.4 is 0 Å². The molecule has 0 spiro atoms. The molecule has 5 nitrogen and oxygen atoms in total. The molecule has 0 saturated carbocycles. The molecule has 1 atom stereocenters. The third kappa shape index (κ3) is 2.11. The Balaban J connectivity index is 0.000000111. The van der Waals surface area contributed by atoms with Crippen LogP contribution in [-0.2, 0) is 4.79 Å². The number of fused-ring (bicyclic) bond motifs is 2. The van der Waals surface area contributed by atoms with Crippen molar-refractivity contribution in [3.05, 3.63) is 43.0 Å². The van der Waals surface area contributed by atoms with Crippen LogP contribution in [0.4, 0.5) is 0 Å². The van der Waals surface area contributed by atoms with Crippen molar-refractivity contribution >= 4 is 23.3 Å². The van der Waals surface area contributed by atoms with Crippen molar-refractivity contribution in [2.24, 2.45) is 0 Å². The van der Waals surface area contributed by atoms with Crippen LogP contribution in [0.5, 0.6) is 0 Å². The standard InChI is InChI=1S/C6H5N3.C6H7NOS/c1-3-7-6-2-4-8-9(6)5-1;8-5-4-6-7(5)2-1-3-9-6/h1-5H;1-2,6H,3-4H2/t;6-/m.0/s1. The topological polar surface area (TPSA) is 50.5 Å². The molecule has 18 heavy (non-hydrogen) atoms. The maximum Gasteiger partial charge on any atom is 0.230 e. The molecule has 0 aliphatic carbocycles. The summed E-state index contributed by atoms with van der Waals surface area (Å²) in [6, 6.07) is 3.71. The van der Waals surface area contributed by atoms with Gasteiger partial charge in [0.1, 0.15) is 0 Å². The van der Waals surface area contributed by atoms with E-state index in [9.17, 15) is 4.79 Å². The zero-order valence-corrected chi connectivity index (χ0v) is 10.5. The Labute approximate surface area is 108 Å². The van der Waals surface area contributed by atoms with Gasteiger partial charge in [-0.1, -0.05) is 6.08 Å². The van der Waals surface area contributed by atoms with E-state index in [2.05, 4.69) is 10.1 Å². The molecular weight excluding hydrogens is 248 g/mol. The van der Waals surface area contributed by atoms with Crippen molar-refractivity contribution in [3.63, 3.8) is 0 Å². The van der Waals surface area contributed by atoms with Crippen LogP contribution in [-0.4, -0.2) is 36.5 Å². The fourth-order valence-electron chi connectivity index (χ4n) is 1.81. The van der Waals surface area contributed by atoms with Crippen LogP contribution in [0.25, 0.3) is 5.65 Å². The van der Waals surface area contributed by atoms with Gasteiger partial charge in [0, 0.05) is 30.4 Å². The molecule has 2 aliphatic rings. The fraction of sp³-hybridized carbons (Fsp3) is 0.250. The van der Waals surface area contributed by atoms with E-state index in [1.165, 1.54) is 0 Å². The second-order valence-corrected chi connectivity index (χ2v) is 5.14. The van der Waals surface area contributed by atoms with Crippen LogP contribution in [0.1, 0.15) is 6.42 Å². The lowest BCUT2D eigenvalue weighted by Gasteiger charge is -2.39. The summed E-state index contributed by atoms with van der Waals surface area (Å²) in [7, 11) is 0. The van der Waals surface area contributed by atoms with E-state index in [-0.39, 0.29) is 5.91 Å². The molecule has 4 rings (SSSR count). The minimum Gasteiger partial charge on any atom is -0.306 e. The van der Waals surface area contributed by atoms with Gasteiger partial charge in [0.2, 0.25) is 5.91 Å². The zero-order valence-electron chi connectivity index (χ0n) is 9.64. The van der Waals surface area contributed by atoms with Crippen LogP contribution in [0.3, 0.4) is 0 Å². The van der Waals surface area contributed by atoms with Crippen LogP contribution >= 0.6 is 11.8 Å². The largest absolute Gasteiger partial charge is 0.306 e. The highest BCUT2D eigenvalue weighted by molar-refractivity contribution is 8.00.